The number of nitrogens with zero attached hydrogens (tertiary/aromatic N) is 1. The molecule has 3 rings (SSSR count). The summed E-state index contributed by atoms with van der Waals surface area (Å²) in [6.07, 6.45) is 0. The maximum absolute atomic E-state index is 12.1. The first-order valence-electron chi connectivity index (χ1n) is 7.48. The minimum atomic E-state index is -0.448. The van der Waals surface area contributed by atoms with E-state index in [4.69, 9.17) is 23.2 Å². The van der Waals surface area contributed by atoms with Gasteiger partial charge in [0.1, 0.15) is 0 Å². The van der Waals surface area contributed by atoms with Crippen molar-refractivity contribution in [2.24, 2.45) is 0 Å². The van der Waals surface area contributed by atoms with E-state index in [9.17, 15) is 9.59 Å². The highest BCUT2D eigenvalue weighted by atomic mass is 35.5. The third-order valence-electron chi connectivity index (χ3n) is 3.33. The average molecular weight is 426 g/mol. The van der Waals surface area contributed by atoms with Crippen LogP contribution in [-0.2, 0) is 4.79 Å². The Kier molecular flexibility index (Phi) is 5.93. The fourth-order valence-electron chi connectivity index (χ4n) is 2.11. The molecule has 0 saturated heterocycles. The number of halogens is 2. The Bertz CT molecular complexity index is 969. The summed E-state index contributed by atoms with van der Waals surface area (Å²) in [6.45, 7) is 1.84. The topological polar surface area (TPSA) is 71.1 Å². The molecular weight excluding hydrogens is 413 g/mol. The molecule has 0 saturated carbocycles. The van der Waals surface area contributed by atoms with Gasteiger partial charge in [-0.05, 0) is 37.3 Å². The SMILES string of the molecule is Cc1ccc(-c2csc(NC(=O)CNC(=O)c3ccc(Cl)cc3Cl)n2)s1. The molecule has 2 amide bonds. The van der Waals surface area contributed by atoms with Gasteiger partial charge < -0.3 is 10.6 Å². The molecule has 2 aromatic heterocycles. The summed E-state index contributed by atoms with van der Waals surface area (Å²) in [6, 6.07) is 8.56. The van der Waals surface area contributed by atoms with Crippen LogP contribution in [0.3, 0.4) is 0 Å². The molecule has 0 aliphatic heterocycles. The standard InChI is InChI=1S/C17H13Cl2N3O2S2/c1-9-2-5-14(26-9)13-8-25-17(21-13)22-15(23)7-20-16(24)11-4-3-10(18)6-12(11)19/h2-6,8H,7H2,1H3,(H,20,24)(H,21,22,23). The number of aromatic nitrogens is 1. The summed E-state index contributed by atoms with van der Waals surface area (Å²) in [7, 11) is 0. The molecule has 0 spiro atoms. The smallest absolute Gasteiger partial charge is 0.253 e. The second kappa shape index (κ2) is 8.18. The van der Waals surface area contributed by atoms with Crippen LogP contribution in [0.4, 0.5) is 5.13 Å². The van der Waals surface area contributed by atoms with Crippen LogP contribution < -0.4 is 10.6 Å². The van der Waals surface area contributed by atoms with Gasteiger partial charge in [-0.25, -0.2) is 4.98 Å². The van der Waals surface area contributed by atoms with E-state index in [-0.39, 0.29) is 23.0 Å². The molecule has 3 aromatic rings. The van der Waals surface area contributed by atoms with Crippen molar-refractivity contribution in [2.45, 2.75) is 6.92 Å². The number of carbonyl (C=O) groups is 2. The number of hydrogen-bond acceptors (Lipinski definition) is 5. The van der Waals surface area contributed by atoms with E-state index in [0.717, 1.165) is 10.6 Å². The molecule has 134 valence electrons. The number of hydrogen-bond donors (Lipinski definition) is 2. The van der Waals surface area contributed by atoms with E-state index in [1.807, 2.05) is 24.4 Å². The minimum Gasteiger partial charge on any atom is -0.343 e. The Morgan fingerprint density at radius 3 is 2.69 bits per heavy atom. The number of anilines is 1. The Balaban J connectivity index is 1.56. The second-order valence-corrected chi connectivity index (χ2v) is 8.29. The first kappa shape index (κ1) is 18.8. The number of thiazole rings is 1. The van der Waals surface area contributed by atoms with Crippen LogP contribution in [0.5, 0.6) is 0 Å². The van der Waals surface area contributed by atoms with Crippen LogP contribution in [-0.4, -0.2) is 23.3 Å². The third-order valence-corrected chi connectivity index (χ3v) is 5.66. The molecule has 2 N–H and O–H groups in total. The van der Waals surface area contributed by atoms with Crippen molar-refractivity contribution in [1.82, 2.24) is 10.3 Å². The highest BCUT2D eigenvalue weighted by molar-refractivity contribution is 7.17. The molecular formula is C17H13Cl2N3O2S2. The van der Waals surface area contributed by atoms with Gasteiger partial charge >= 0.3 is 0 Å². The normalized spacial score (nSPS) is 10.6. The van der Waals surface area contributed by atoms with Gasteiger partial charge in [-0.1, -0.05) is 23.2 Å². The van der Waals surface area contributed by atoms with E-state index in [0.29, 0.717) is 10.2 Å². The second-order valence-electron chi connectivity index (χ2n) is 5.30. The van der Waals surface area contributed by atoms with Crippen molar-refractivity contribution in [2.75, 3.05) is 11.9 Å². The molecule has 26 heavy (non-hydrogen) atoms. The molecule has 5 nitrogen and oxygen atoms in total. The summed E-state index contributed by atoms with van der Waals surface area (Å²) in [5, 5.41) is 8.22. The number of aryl methyl sites for hydroxylation is 1. The van der Waals surface area contributed by atoms with Crippen molar-refractivity contribution in [3.63, 3.8) is 0 Å². The van der Waals surface area contributed by atoms with Crippen molar-refractivity contribution in [3.8, 4) is 10.6 Å². The molecule has 1 aromatic carbocycles. The molecule has 2 heterocycles. The van der Waals surface area contributed by atoms with Crippen molar-refractivity contribution >= 4 is 62.8 Å². The highest BCUT2D eigenvalue weighted by Gasteiger charge is 2.13. The quantitative estimate of drug-likeness (QED) is 0.613. The summed E-state index contributed by atoms with van der Waals surface area (Å²) in [4.78, 5) is 30.8. The van der Waals surface area contributed by atoms with E-state index in [1.54, 1.807) is 17.4 Å². The van der Waals surface area contributed by atoms with Crippen LogP contribution in [0.25, 0.3) is 10.6 Å². The fraction of sp³-hybridized carbons (Fsp3) is 0.118. The number of thiophene rings is 1. The minimum absolute atomic E-state index is 0.190. The zero-order chi connectivity index (χ0) is 18.7. The zero-order valence-electron chi connectivity index (χ0n) is 13.5. The number of nitrogens with one attached hydrogen (secondary N) is 2. The maximum Gasteiger partial charge on any atom is 0.253 e. The van der Waals surface area contributed by atoms with E-state index >= 15 is 0 Å². The number of carbonyl (C=O) groups excluding carboxylic acids is 2. The van der Waals surface area contributed by atoms with Gasteiger partial charge in [0.15, 0.2) is 5.13 Å². The Morgan fingerprint density at radius 2 is 2.00 bits per heavy atom. The number of amides is 2. The lowest BCUT2D eigenvalue weighted by Gasteiger charge is -2.06. The van der Waals surface area contributed by atoms with Gasteiger partial charge in [-0.15, -0.1) is 22.7 Å². The van der Waals surface area contributed by atoms with Gasteiger partial charge in [-0.2, -0.15) is 0 Å². The number of benzene rings is 1. The summed E-state index contributed by atoms with van der Waals surface area (Å²) >= 11 is 14.8. The van der Waals surface area contributed by atoms with E-state index in [1.165, 1.54) is 28.3 Å². The monoisotopic (exact) mass is 425 g/mol. The lowest BCUT2D eigenvalue weighted by molar-refractivity contribution is -0.115. The summed E-state index contributed by atoms with van der Waals surface area (Å²) in [5.41, 5.74) is 1.08. The molecule has 0 bridgehead atoms. The van der Waals surface area contributed by atoms with Gasteiger partial charge in [0.05, 0.1) is 27.7 Å². The average Bonchev–Trinajstić information content (AvgIpc) is 3.21. The van der Waals surface area contributed by atoms with Crippen LogP contribution in [0.2, 0.25) is 10.0 Å². The summed E-state index contributed by atoms with van der Waals surface area (Å²) in [5.74, 6) is -0.817. The predicted octanol–water partition coefficient (Wildman–Crippen LogP) is 4.86. The molecule has 0 radical (unpaired) electrons. The molecule has 0 atom stereocenters. The largest absolute Gasteiger partial charge is 0.343 e. The van der Waals surface area contributed by atoms with Gasteiger partial charge in [0.2, 0.25) is 5.91 Å². The zero-order valence-corrected chi connectivity index (χ0v) is 16.7. The maximum atomic E-state index is 12.1. The molecule has 0 aliphatic carbocycles. The highest BCUT2D eigenvalue weighted by Crippen LogP contribution is 2.30. The van der Waals surface area contributed by atoms with Crippen molar-refractivity contribution in [3.05, 3.63) is 56.2 Å². The molecule has 0 fully saturated rings. The predicted molar refractivity (Wildman–Crippen MR) is 108 cm³/mol. The van der Waals surface area contributed by atoms with Crippen molar-refractivity contribution in [1.29, 1.82) is 0 Å². The van der Waals surface area contributed by atoms with Crippen molar-refractivity contribution < 1.29 is 9.59 Å². The first-order chi connectivity index (χ1) is 12.4. The van der Waals surface area contributed by atoms with Crippen LogP contribution >= 0.6 is 45.9 Å². The van der Waals surface area contributed by atoms with Crippen LogP contribution in [0.15, 0.2) is 35.7 Å². The molecule has 9 heteroatoms. The van der Waals surface area contributed by atoms with Crippen LogP contribution in [0.1, 0.15) is 15.2 Å². The fourth-order valence-corrected chi connectivity index (χ4v) is 4.23. The van der Waals surface area contributed by atoms with Gasteiger partial charge in [0, 0.05) is 15.3 Å². The third kappa shape index (κ3) is 4.62. The first-order valence-corrected chi connectivity index (χ1v) is 9.93. The Hall–Kier alpha value is -1.93. The Morgan fingerprint density at radius 1 is 1.19 bits per heavy atom. The molecule has 0 unspecified atom stereocenters. The van der Waals surface area contributed by atoms with E-state index < -0.39 is 5.91 Å². The van der Waals surface area contributed by atoms with Gasteiger partial charge in [-0.3, -0.25) is 9.59 Å². The van der Waals surface area contributed by atoms with E-state index in [2.05, 4.69) is 15.6 Å². The lowest BCUT2D eigenvalue weighted by atomic mass is 10.2. The number of rotatable bonds is 5. The summed E-state index contributed by atoms with van der Waals surface area (Å²) < 4.78 is 0. The van der Waals surface area contributed by atoms with Gasteiger partial charge in [0.25, 0.3) is 5.91 Å². The Labute approximate surface area is 168 Å². The van der Waals surface area contributed by atoms with Crippen LogP contribution in [0, 0.1) is 6.92 Å². The molecule has 0 aliphatic rings. The lowest BCUT2D eigenvalue weighted by Crippen LogP contribution is -2.33.